The molecule has 0 spiro atoms. The summed E-state index contributed by atoms with van der Waals surface area (Å²) in [6, 6.07) is 16.1. The minimum Gasteiger partial charge on any atom is -0.445 e. The average molecular weight is 592 g/mol. The lowest BCUT2D eigenvalue weighted by Gasteiger charge is -2.35. The molecule has 3 heterocycles. The van der Waals surface area contributed by atoms with Crippen LogP contribution in [0.1, 0.15) is 42.6 Å². The van der Waals surface area contributed by atoms with Gasteiger partial charge in [0.1, 0.15) is 12.6 Å². The van der Waals surface area contributed by atoms with Crippen molar-refractivity contribution in [3.05, 3.63) is 71.1 Å². The predicted octanol–water partition coefficient (Wildman–Crippen LogP) is 4.39. The predicted molar refractivity (Wildman–Crippen MR) is 161 cm³/mol. The maximum atomic E-state index is 13.1. The van der Waals surface area contributed by atoms with Crippen molar-refractivity contribution in [1.29, 1.82) is 0 Å². The average Bonchev–Trinajstić information content (AvgIpc) is 3.67. The molecule has 3 aromatic rings. The molecular weight excluding hydrogens is 554 g/mol. The summed E-state index contributed by atoms with van der Waals surface area (Å²) in [7, 11) is 0. The van der Waals surface area contributed by atoms with E-state index in [0.717, 1.165) is 50.4 Å². The Balaban J connectivity index is 1.14. The molecule has 10 nitrogen and oxygen atoms in total. The second kappa shape index (κ2) is 13.5. The number of thiazole rings is 1. The van der Waals surface area contributed by atoms with Gasteiger partial charge in [-0.05, 0) is 44.4 Å². The Hall–Kier alpha value is -3.80. The summed E-state index contributed by atoms with van der Waals surface area (Å²) in [6.07, 6.45) is 0.799. The van der Waals surface area contributed by atoms with E-state index in [4.69, 9.17) is 9.47 Å². The van der Waals surface area contributed by atoms with Gasteiger partial charge >= 0.3 is 6.09 Å². The number of aromatic nitrogens is 1. The number of rotatable bonds is 9. The van der Waals surface area contributed by atoms with Gasteiger partial charge in [-0.15, -0.1) is 11.3 Å². The zero-order valence-electron chi connectivity index (χ0n) is 24.0. The van der Waals surface area contributed by atoms with Crippen molar-refractivity contribution in [2.24, 2.45) is 0 Å². The van der Waals surface area contributed by atoms with E-state index >= 15 is 0 Å². The minimum absolute atomic E-state index is 0.130. The number of carbonyl (C=O) groups excluding carboxylic acids is 3. The molecule has 2 aliphatic heterocycles. The molecule has 0 radical (unpaired) electrons. The molecule has 1 unspecified atom stereocenters. The molecule has 0 aliphatic carbocycles. The highest BCUT2D eigenvalue weighted by Gasteiger charge is 2.35. The van der Waals surface area contributed by atoms with Gasteiger partial charge in [-0.2, -0.15) is 0 Å². The monoisotopic (exact) mass is 591 g/mol. The van der Waals surface area contributed by atoms with E-state index < -0.39 is 12.1 Å². The summed E-state index contributed by atoms with van der Waals surface area (Å²) >= 11 is 1.31. The van der Waals surface area contributed by atoms with Crippen molar-refractivity contribution in [3.8, 4) is 11.3 Å². The van der Waals surface area contributed by atoms with Gasteiger partial charge in [0.15, 0.2) is 5.13 Å². The Morgan fingerprint density at radius 1 is 1.05 bits per heavy atom. The molecule has 1 aromatic heterocycles. The van der Waals surface area contributed by atoms with Gasteiger partial charge in [0.25, 0.3) is 5.91 Å². The summed E-state index contributed by atoms with van der Waals surface area (Å²) in [5.41, 5.74) is 2.60. The summed E-state index contributed by atoms with van der Waals surface area (Å²) in [5, 5.41) is 8.31. The van der Waals surface area contributed by atoms with Crippen LogP contribution >= 0.6 is 11.3 Å². The first kappa shape index (κ1) is 29.7. The van der Waals surface area contributed by atoms with Crippen LogP contribution in [0.3, 0.4) is 0 Å². The van der Waals surface area contributed by atoms with E-state index in [-0.39, 0.29) is 24.0 Å². The van der Waals surface area contributed by atoms with Gasteiger partial charge < -0.3 is 20.1 Å². The topological polar surface area (TPSA) is 113 Å². The summed E-state index contributed by atoms with van der Waals surface area (Å²) in [5.74, 6) is -0.411. The third-order valence-electron chi connectivity index (χ3n) is 7.35. The van der Waals surface area contributed by atoms with Crippen molar-refractivity contribution >= 4 is 34.4 Å². The van der Waals surface area contributed by atoms with Crippen molar-refractivity contribution in [3.63, 3.8) is 0 Å². The van der Waals surface area contributed by atoms with E-state index in [0.29, 0.717) is 29.4 Å². The molecule has 2 fully saturated rings. The molecule has 1 atom stereocenters. The number of nitrogens with one attached hydrogen (secondary N) is 2. The number of likely N-dealkylation sites (tertiary alicyclic amines) is 1. The van der Waals surface area contributed by atoms with Gasteiger partial charge in [0.05, 0.1) is 18.9 Å². The number of carbonyl (C=O) groups is 3. The van der Waals surface area contributed by atoms with Gasteiger partial charge in [0.2, 0.25) is 5.91 Å². The lowest BCUT2D eigenvalue weighted by molar-refractivity contribution is -0.120. The van der Waals surface area contributed by atoms with E-state index in [1.54, 1.807) is 12.1 Å². The number of amides is 3. The van der Waals surface area contributed by atoms with Gasteiger partial charge in [0, 0.05) is 48.2 Å². The van der Waals surface area contributed by atoms with Crippen LogP contribution in [0, 0.1) is 0 Å². The van der Waals surface area contributed by atoms with Gasteiger partial charge in [-0.3, -0.25) is 19.4 Å². The van der Waals surface area contributed by atoms with Gasteiger partial charge in [-0.25, -0.2) is 9.78 Å². The number of morpholine rings is 1. The van der Waals surface area contributed by atoms with E-state index in [1.807, 2.05) is 61.7 Å². The summed E-state index contributed by atoms with van der Waals surface area (Å²) in [6.45, 7) is 8.60. The fraction of sp³-hybridized carbons (Fsp3) is 0.419. The van der Waals surface area contributed by atoms with Crippen molar-refractivity contribution in [2.75, 3.05) is 44.7 Å². The zero-order valence-corrected chi connectivity index (χ0v) is 24.8. The highest BCUT2D eigenvalue weighted by molar-refractivity contribution is 7.14. The van der Waals surface area contributed by atoms with E-state index in [1.165, 1.54) is 16.2 Å². The number of anilines is 1. The smallest absolute Gasteiger partial charge is 0.410 e. The quantitative estimate of drug-likeness (QED) is 0.380. The van der Waals surface area contributed by atoms with E-state index in [9.17, 15) is 14.4 Å². The molecule has 0 bridgehead atoms. The zero-order chi connectivity index (χ0) is 29.5. The first-order chi connectivity index (χ1) is 20.3. The number of benzene rings is 2. The standard InChI is InChI=1S/C31H37N5O5S/c1-31(2,21-35-15-17-40-18-16-35)34-27(37)24-12-10-23(11-13-24)25-20-42-29(32-25)33-28(38)26-9-6-14-36(26)30(39)41-19-22-7-4-3-5-8-22/h3-5,7-8,10-13,20,26H,6,9,14-19,21H2,1-2H3,(H,34,37)(H,32,33,38). The molecule has 2 N–H and O–H groups in total. The minimum atomic E-state index is -0.606. The Bertz CT molecular complexity index is 1370. The summed E-state index contributed by atoms with van der Waals surface area (Å²) < 4.78 is 10.9. The molecule has 2 aromatic carbocycles. The third kappa shape index (κ3) is 7.72. The van der Waals surface area contributed by atoms with Crippen LogP contribution in [0.4, 0.5) is 9.93 Å². The SMILES string of the molecule is CC(C)(CN1CCOCC1)NC(=O)c1ccc(-c2csc(NC(=O)C3CCCN3C(=O)OCc3ccccc3)n2)cc1. The molecule has 2 saturated heterocycles. The largest absolute Gasteiger partial charge is 0.445 e. The van der Waals surface area contributed by atoms with Crippen LogP contribution in [0.2, 0.25) is 0 Å². The lowest BCUT2D eigenvalue weighted by atomic mass is 10.0. The van der Waals surface area contributed by atoms with Crippen LogP contribution in [-0.2, 0) is 20.9 Å². The Morgan fingerprint density at radius 2 is 1.79 bits per heavy atom. The molecule has 222 valence electrons. The number of hydrogen-bond donors (Lipinski definition) is 2. The number of nitrogens with zero attached hydrogens (tertiary/aromatic N) is 3. The van der Waals surface area contributed by atoms with Crippen LogP contribution < -0.4 is 10.6 Å². The molecule has 42 heavy (non-hydrogen) atoms. The molecule has 2 aliphatic rings. The van der Waals surface area contributed by atoms with Crippen molar-refractivity contribution < 1.29 is 23.9 Å². The van der Waals surface area contributed by atoms with Gasteiger partial charge in [-0.1, -0.05) is 42.5 Å². The van der Waals surface area contributed by atoms with Crippen molar-refractivity contribution in [1.82, 2.24) is 20.1 Å². The molecule has 5 rings (SSSR count). The normalized spacial score (nSPS) is 17.6. The Morgan fingerprint density at radius 3 is 2.52 bits per heavy atom. The fourth-order valence-electron chi connectivity index (χ4n) is 5.24. The third-order valence-corrected chi connectivity index (χ3v) is 8.10. The second-order valence-corrected chi connectivity index (χ2v) is 12.1. The lowest BCUT2D eigenvalue weighted by Crippen LogP contribution is -2.53. The molecule has 0 saturated carbocycles. The molecule has 3 amide bonds. The first-order valence-electron chi connectivity index (χ1n) is 14.2. The maximum Gasteiger partial charge on any atom is 0.410 e. The summed E-state index contributed by atoms with van der Waals surface area (Å²) in [4.78, 5) is 47.0. The van der Waals surface area contributed by atoms with Crippen molar-refractivity contribution in [2.45, 2.75) is 44.9 Å². The number of ether oxygens (including phenoxy) is 2. The first-order valence-corrected chi connectivity index (χ1v) is 15.1. The molecule has 11 heteroatoms. The van der Waals surface area contributed by atoms with E-state index in [2.05, 4.69) is 20.5 Å². The Kier molecular flexibility index (Phi) is 9.51. The highest BCUT2D eigenvalue weighted by atomic mass is 32.1. The van der Waals surface area contributed by atoms with Crippen LogP contribution in [-0.4, -0.2) is 83.7 Å². The molecular formula is C31H37N5O5S. The number of hydrogen-bond acceptors (Lipinski definition) is 8. The Labute approximate surface area is 250 Å². The maximum absolute atomic E-state index is 13.1. The second-order valence-electron chi connectivity index (χ2n) is 11.2. The highest BCUT2D eigenvalue weighted by Crippen LogP contribution is 2.27. The fourth-order valence-corrected chi connectivity index (χ4v) is 5.96. The van der Waals surface area contributed by atoms with Crippen LogP contribution in [0.5, 0.6) is 0 Å². The van der Waals surface area contributed by atoms with Crippen LogP contribution in [0.25, 0.3) is 11.3 Å². The van der Waals surface area contributed by atoms with Crippen LogP contribution in [0.15, 0.2) is 60.0 Å².